The first-order valence-corrected chi connectivity index (χ1v) is 9.14. The van der Waals surface area contributed by atoms with Gasteiger partial charge in [0.25, 0.3) is 5.69 Å². The molecule has 0 unspecified atom stereocenters. The molecule has 0 saturated carbocycles. The van der Waals surface area contributed by atoms with Crippen LogP contribution in [0.4, 0.5) is 11.4 Å². The van der Waals surface area contributed by atoms with Crippen LogP contribution in [0.15, 0.2) is 54.6 Å². The third-order valence-electron chi connectivity index (χ3n) is 4.73. The van der Waals surface area contributed by atoms with Crippen LogP contribution < -0.4 is 10.6 Å². The fourth-order valence-electron chi connectivity index (χ4n) is 3.25. The van der Waals surface area contributed by atoms with E-state index in [2.05, 4.69) is 27.7 Å². The summed E-state index contributed by atoms with van der Waals surface area (Å²) >= 11 is 0. The molecule has 1 aliphatic heterocycles. The van der Waals surface area contributed by atoms with Gasteiger partial charge in [0.1, 0.15) is 5.69 Å². The standard InChI is InChI=1S/C20H22N4O4/c25-19(20(26)22-17-8-4-5-9-18(17)24(27)28)21-16-10-12-23(13-11-16)14-15-6-2-1-3-7-15/h1-9,16H,10-14H2,(H,21,25)(H,22,26). The molecule has 1 saturated heterocycles. The Morgan fingerprint density at radius 1 is 1.00 bits per heavy atom. The van der Waals surface area contributed by atoms with Gasteiger partial charge in [0.15, 0.2) is 0 Å². The molecule has 0 aromatic heterocycles. The van der Waals surface area contributed by atoms with Crippen molar-refractivity contribution >= 4 is 23.2 Å². The second kappa shape index (κ2) is 9.09. The number of piperidine rings is 1. The van der Waals surface area contributed by atoms with E-state index in [-0.39, 0.29) is 17.4 Å². The summed E-state index contributed by atoms with van der Waals surface area (Å²) in [5.41, 5.74) is 0.997. The quantitative estimate of drug-likeness (QED) is 0.469. The lowest BCUT2D eigenvalue weighted by atomic mass is 10.0. The predicted octanol–water partition coefficient (Wildman–Crippen LogP) is 2.31. The van der Waals surface area contributed by atoms with Gasteiger partial charge in [-0.15, -0.1) is 0 Å². The lowest BCUT2D eigenvalue weighted by molar-refractivity contribution is -0.383. The normalized spacial score (nSPS) is 15.0. The molecule has 0 radical (unpaired) electrons. The molecule has 146 valence electrons. The van der Waals surface area contributed by atoms with E-state index in [9.17, 15) is 19.7 Å². The van der Waals surface area contributed by atoms with Crippen LogP contribution in [0, 0.1) is 10.1 Å². The van der Waals surface area contributed by atoms with Crippen molar-refractivity contribution in [1.82, 2.24) is 10.2 Å². The summed E-state index contributed by atoms with van der Waals surface area (Å²) in [7, 11) is 0. The van der Waals surface area contributed by atoms with Crippen molar-refractivity contribution in [2.24, 2.45) is 0 Å². The van der Waals surface area contributed by atoms with Gasteiger partial charge in [-0.2, -0.15) is 0 Å². The van der Waals surface area contributed by atoms with Crippen molar-refractivity contribution in [2.75, 3.05) is 18.4 Å². The van der Waals surface area contributed by atoms with E-state index in [0.29, 0.717) is 0 Å². The summed E-state index contributed by atoms with van der Waals surface area (Å²) in [5, 5.41) is 16.0. The summed E-state index contributed by atoms with van der Waals surface area (Å²) in [6.07, 6.45) is 1.49. The van der Waals surface area contributed by atoms with Crippen LogP contribution >= 0.6 is 0 Å². The first-order valence-electron chi connectivity index (χ1n) is 9.14. The van der Waals surface area contributed by atoms with Gasteiger partial charge >= 0.3 is 11.8 Å². The third kappa shape index (κ3) is 5.14. The number of rotatable bonds is 5. The van der Waals surface area contributed by atoms with Gasteiger partial charge < -0.3 is 10.6 Å². The minimum absolute atomic E-state index is 0.00494. The number of amides is 2. The van der Waals surface area contributed by atoms with Crippen molar-refractivity contribution in [3.63, 3.8) is 0 Å². The van der Waals surface area contributed by atoms with E-state index in [0.717, 1.165) is 32.5 Å². The average molecular weight is 382 g/mol. The smallest absolute Gasteiger partial charge is 0.313 e. The van der Waals surface area contributed by atoms with Gasteiger partial charge in [-0.3, -0.25) is 24.6 Å². The minimum atomic E-state index is -0.902. The molecule has 0 aliphatic carbocycles. The van der Waals surface area contributed by atoms with Crippen LogP contribution in [0.5, 0.6) is 0 Å². The maximum Gasteiger partial charge on any atom is 0.313 e. The number of carbonyl (C=O) groups excluding carboxylic acids is 2. The monoisotopic (exact) mass is 382 g/mol. The number of carbonyl (C=O) groups is 2. The largest absolute Gasteiger partial charge is 0.345 e. The van der Waals surface area contributed by atoms with Gasteiger partial charge in [-0.1, -0.05) is 42.5 Å². The average Bonchev–Trinajstić information content (AvgIpc) is 2.70. The number of hydrogen-bond donors (Lipinski definition) is 2. The van der Waals surface area contributed by atoms with Crippen molar-refractivity contribution in [1.29, 1.82) is 0 Å². The van der Waals surface area contributed by atoms with E-state index in [1.54, 1.807) is 6.07 Å². The summed E-state index contributed by atoms with van der Waals surface area (Å²) in [4.78, 5) is 37.0. The predicted molar refractivity (Wildman–Crippen MR) is 105 cm³/mol. The van der Waals surface area contributed by atoms with E-state index >= 15 is 0 Å². The van der Waals surface area contributed by atoms with Crippen molar-refractivity contribution in [2.45, 2.75) is 25.4 Å². The molecule has 0 atom stereocenters. The minimum Gasteiger partial charge on any atom is -0.345 e. The number of nitrogens with zero attached hydrogens (tertiary/aromatic N) is 2. The molecular weight excluding hydrogens is 360 g/mol. The number of likely N-dealkylation sites (tertiary alicyclic amines) is 1. The zero-order valence-electron chi connectivity index (χ0n) is 15.3. The highest BCUT2D eigenvalue weighted by Gasteiger charge is 2.25. The Bertz CT molecular complexity index is 848. The first kappa shape index (κ1) is 19.5. The third-order valence-corrected chi connectivity index (χ3v) is 4.73. The zero-order chi connectivity index (χ0) is 19.9. The molecule has 2 aromatic rings. The highest BCUT2D eigenvalue weighted by Crippen LogP contribution is 2.23. The topological polar surface area (TPSA) is 105 Å². The van der Waals surface area contributed by atoms with Crippen LogP contribution in [-0.4, -0.2) is 40.8 Å². The van der Waals surface area contributed by atoms with Crippen LogP contribution in [0.3, 0.4) is 0 Å². The molecule has 28 heavy (non-hydrogen) atoms. The number of nitro groups is 1. The van der Waals surface area contributed by atoms with Crippen molar-refractivity contribution < 1.29 is 14.5 Å². The molecule has 8 heteroatoms. The number of hydrogen-bond acceptors (Lipinski definition) is 5. The van der Waals surface area contributed by atoms with E-state index in [4.69, 9.17) is 0 Å². The highest BCUT2D eigenvalue weighted by molar-refractivity contribution is 6.39. The maximum atomic E-state index is 12.2. The molecule has 0 bridgehead atoms. The summed E-state index contributed by atoms with van der Waals surface area (Å²) in [6, 6.07) is 15.8. The SMILES string of the molecule is O=C(Nc1ccccc1[N+](=O)[O-])C(=O)NC1CCN(Cc2ccccc2)CC1. The molecule has 3 rings (SSSR count). The van der Waals surface area contributed by atoms with Crippen molar-refractivity contribution in [3.05, 3.63) is 70.3 Å². The Morgan fingerprint density at radius 2 is 1.64 bits per heavy atom. The first-order chi connectivity index (χ1) is 13.5. The number of para-hydroxylation sites is 2. The van der Waals surface area contributed by atoms with Gasteiger partial charge in [0.2, 0.25) is 0 Å². The van der Waals surface area contributed by atoms with Crippen LogP contribution in [0.25, 0.3) is 0 Å². The second-order valence-corrected chi connectivity index (χ2v) is 6.74. The van der Waals surface area contributed by atoms with Crippen LogP contribution in [0.2, 0.25) is 0 Å². The number of benzene rings is 2. The highest BCUT2D eigenvalue weighted by atomic mass is 16.6. The maximum absolute atomic E-state index is 12.2. The molecule has 2 N–H and O–H groups in total. The molecule has 1 aliphatic rings. The van der Waals surface area contributed by atoms with Crippen LogP contribution in [-0.2, 0) is 16.1 Å². The Hall–Kier alpha value is -3.26. The Balaban J connectivity index is 1.48. The van der Waals surface area contributed by atoms with Gasteiger partial charge in [0.05, 0.1) is 4.92 Å². The van der Waals surface area contributed by atoms with Crippen molar-refractivity contribution in [3.8, 4) is 0 Å². The molecule has 8 nitrogen and oxygen atoms in total. The van der Waals surface area contributed by atoms with E-state index in [1.807, 2.05) is 18.2 Å². The molecule has 1 heterocycles. The summed E-state index contributed by atoms with van der Waals surface area (Å²) in [6.45, 7) is 2.51. The fourth-order valence-corrected chi connectivity index (χ4v) is 3.25. The fraction of sp³-hybridized carbons (Fsp3) is 0.300. The molecule has 1 fully saturated rings. The molecule has 2 amide bonds. The van der Waals surface area contributed by atoms with Gasteiger partial charge in [0, 0.05) is 31.7 Å². The molecule has 2 aromatic carbocycles. The number of anilines is 1. The van der Waals surface area contributed by atoms with Gasteiger partial charge in [-0.05, 0) is 24.5 Å². The lowest BCUT2D eigenvalue weighted by Crippen LogP contribution is -2.47. The second-order valence-electron chi connectivity index (χ2n) is 6.74. The lowest BCUT2D eigenvalue weighted by Gasteiger charge is -2.32. The molecular formula is C20H22N4O4. The molecule has 0 spiro atoms. The number of nitro benzene ring substituents is 1. The summed E-state index contributed by atoms with van der Waals surface area (Å²) in [5.74, 6) is -1.68. The van der Waals surface area contributed by atoms with E-state index in [1.165, 1.54) is 23.8 Å². The Kier molecular flexibility index (Phi) is 6.33. The Labute approximate surface area is 162 Å². The zero-order valence-corrected chi connectivity index (χ0v) is 15.3. The number of nitrogens with one attached hydrogen (secondary N) is 2. The van der Waals surface area contributed by atoms with Gasteiger partial charge in [-0.25, -0.2) is 0 Å². The van der Waals surface area contributed by atoms with Crippen LogP contribution in [0.1, 0.15) is 18.4 Å². The van der Waals surface area contributed by atoms with E-state index < -0.39 is 16.7 Å². The Morgan fingerprint density at radius 3 is 2.32 bits per heavy atom. The summed E-state index contributed by atoms with van der Waals surface area (Å²) < 4.78 is 0.